The van der Waals surface area contributed by atoms with Gasteiger partial charge in [0.2, 0.25) is 0 Å². The molecule has 5 nitrogen and oxygen atoms in total. The van der Waals surface area contributed by atoms with Crippen LogP contribution in [0, 0.1) is 0 Å². The summed E-state index contributed by atoms with van der Waals surface area (Å²) in [5.74, 6) is 0.0102. The Morgan fingerprint density at radius 2 is 1.76 bits per heavy atom. The summed E-state index contributed by atoms with van der Waals surface area (Å²) in [5.41, 5.74) is 0.0785. The molecule has 116 valence electrons. The van der Waals surface area contributed by atoms with Crippen LogP contribution in [0.3, 0.4) is 0 Å². The summed E-state index contributed by atoms with van der Waals surface area (Å²) in [5, 5.41) is 2.69. The van der Waals surface area contributed by atoms with E-state index < -0.39 is 6.09 Å². The summed E-state index contributed by atoms with van der Waals surface area (Å²) >= 11 is 0. The van der Waals surface area contributed by atoms with Gasteiger partial charge >= 0.3 is 12.1 Å². The molecule has 0 fully saturated rings. The summed E-state index contributed by atoms with van der Waals surface area (Å²) < 4.78 is 10.2. The van der Waals surface area contributed by atoms with Crippen molar-refractivity contribution < 1.29 is 19.1 Å². The van der Waals surface area contributed by atoms with Crippen LogP contribution >= 0.6 is 0 Å². The van der Waals surface area contributed by atoms with Crippen molar-refractivity contribution in [3.8, 4) is 5.75 Å². The summed E-state index contributed by atoms with van der Waals surface area (Å²) in [6.45, 7) is 8.04. The third-order valence-corrected chi connectivity index (χ3v) is 2.51. The fourth-order valence-electron chi connectivity index (χ4n) is 1.49. The van der Waals surface area contributed by atoms with E-state index in [2.05, 4.69) is 5.32 Å². The normalized spacial score (nSPS) is 10.9. The first-order chi connectivity index (χ1) is 9.81. The molecule has 0 aliphatic carbocycles. The summed E-state index contributed by atoms with van der Waals surface area (Å²) in [7, 11) is 0. The number of rotatable bonds is 5. The number of nitrogens with one attached hydrogen (secondary N) is 1. The van der Waals surface area contributed by atoms with E-state index in [1.807, 2.05) is 27.7 Å². The Balaban J connectivity index is 2.54. The fourth-order valence-corrected chi connectivity index (χ4v) is 1.49. The number of hydrogen-bond acceptors (Lipinski definition) is 4. The third-order valence-electron chi connectivity index (χ3n) is 2.51. The molecule has 0 heterocycles. The highest BCUT2D eigenvalue weighted by Crippen LogP contribution is 2.14. The van der Waals surface area contributed by atoms with E-state index in [0.29, 0.717) is 17.9 Å². The monoisotopic (exact) mass is 293 g/mol. The maximum atomic E-state index is 11.7. The molecule has 0 saturated heterocycles. The predicted molar refractivity (Wildman–Crippen MR) is 80.5 cm³/mol. The lowest BCUT2D eigenvalue weighted by atomic mass is 10.1. The molecule has 1 rings (SSSR count). The number of unbranched alkanes of at least 4 members (excludes halogenated alkanes) is 1. The molecule has 1 amide bonds. The van der Waals surface area contributed by atoms with Gasteiger partial charge in [0.15, 0.2) is 0 Å². The summed E-state index contributed by atoms with van der Waals surface area (Å²) in [4.78, 5) is 23.3. The Labute approximate surface area is 125 Å². The van der Waals surface area contributed by atoms with Gasteiger partial charge in [-0.3, -0.25) is 0 Å². The Morgan fingerprint density at radius 3 is 2.29 bits per heavy atom. The zero-order valence-corrected chi connectivity index (χ0v) is 13.1. The molecule has 0 aliphatic heterocycles. The quantitative estimate of drug-likeness (QED) is 0.666. The van der Waals surface area contributed by atoms with Gasteiger partial charge in [0.25, 0.3) is 0 Å². The Morgan fingerprint density at radius 1 is 1.14 bits per heavy atom. The number of amides is 1. The van der Waals surface area contributed by atoms with Gasteiger partial charge in [-0.15, -0.1) is 0 Å². The van der Waals surface area contributed by atoms with Crippen molar-refractivity contribution in [2.75, 3.05) is 6.61 Å². The number of esters is 1. The van der Waals surface area contributed by atoms with Crippen LogP contribution in [0.5, 0.6) is 5.75 Å². The lowest BCUT2D eigenvalue weighted by Crippen LogP contribution is -2.42. The highest BCUT2D eigenvalue weighted by molar-refractivity contribution is 5.89. The van der Waals surface area contributed by atoms with Crippen molar-refractivity contribution in [1.29, 1.82) is 0 Å². The van der Waals surface area contributed by atoms with Crippen LogP contribution in [0.2, 0.25) is 0 Å². The lowest BCUT2D eigenvalue weighted by Gasteiger charge is -2.19. The number of benzene rings is 1. The Hall–Kier alpha value is -2.04. The average molecular weight is 293 g/mol. The maximum Gasteiger partial charge on any atom is 0.413 e. The van der Waals surface area contributed by atoms with Crippen molar-refractivity contribution in [2.45, 2.75) is 46.1 Å². The minimum absolute atomic E-state index is 0.361. The molecule has 21 heavy (non-hydrogen) atoms. The molecule has 0 spiro atoms. The first-order valence-electron chi connectivity index (χ1n) is 7.09. The summed E-state index contributed by atoms with van der Waals surface area (Å²) in [6.07, 6.45) is 1.30. The molecule has 0 unspecified atom stereocenters. The molecular formula is C16H23NO4. The van der Waals surface area contributed by atoms with Crippen molar-refractivity contribution in [3.05, 3.63) is 29.8 Å². The van der Waals surface area contributed by atoms with E-state index in [1.54, 1.807) is 24.3 Å². The van der Waals surface area contributed by atoms with E-state index in [1.165, 1.54) is 0 Å². The Kier molecular flexibility index (Phi) is 6.21. The SMILES string of the molecule is CCCCOC(=O)c1ccc(OC(=O)NC(C)(C)C)cc1. The molecule has 5 heteroatoms. The molecule has 0 aromatic heterocycles. The van der Waals surface area contributed by atoms with E-state index in [0.717, 1.165) is 12.8 Å². The predicted octanol–water partition coefficient (Wildman–Crippen LogP) is 3.53. The van der Waals surface area contributed by atoms with Gasteiger partial charge in [-0.1, -0.05) is 13.3 Å². The molecule has 0 aliphatic rings. The largest absolute Gasteiger partial charge is 0.462 e. The zero-order valence-electron chi connectivity index (χ0n) is 13.1. The van der Waals surface area contributed by atoms with Gasteiger partial charge in [0.05, 0.1) is 12.2 Å². The van der Waals surface area contributed by atoms with Gasteiger partial charge in [-0.05, 0) is 51.5 Å². The van der Waals surface area contributed by atoms with Crippen LogP contribution in [-0.2, 0) is 4.74 Å². The van der Waals surface area contributed by atoms with Crippen LogP contribution in [-0.4, -0.2) is 24.2 Å². The van der Waals surface area contributed by atoms with Gasteiger partial charge in [-0.2, -0.15) is 0 Å². The molecule has 0 saturated carbocycles. The zero-order chi connectivity index (χ0) is 15.9. The smallest absolute Gasteiger partial charge is 0.413 e. The van der Waals surface area contributed by atoms with Crippen molar-refractivity contribution in [3.63, 3.8) is 0 Å². The van der Waals surface area contributed by atoms with Crippen LogP contribution in [0.1, 0.15) is 50.9 Å². The van der Waals surface area contributed by atoms with Crippen LogP contribution in [0.25, 0.3) is 0 Å². The minimum Gasteiger partial charge on any atom is -0.462 e. The number of carbonyl (C=O) groups is 2. The molecule has 0 bridgehead atoms. The van der Waals surface area contributed by atoms with Crippen molar-refractivity contribution >= 4 is 12.1 Å². The van der Waals surface area contributed by atoms with Gasteiger partial charge in [0, 0.05) is 5.54 Å². The lowest BCUT2D eigenvalue weighted by molar-refractivity contribution is 0.0499. The first-order valence-corrected chi connectivity index (χ1v) is 7.09. The second kappa shape index (κ2) is 7.67. The van der Waals surface area contributed by atoms with Gasteiger partial charge in [0.1, 0.15) is 5.75 Å². The summed E-state index contributed by atoms with van der Waals surface area (Å²) in [6, 6.07) is 6.29. The molecule has 1 aromatic rings. The molecule has 0 radical (unpaired) electrons. The number of hydrogen-bond donors (Lipinski definition) is 1. The van der Waals surface area contributed by atoms with Gasteiger partial charge in [-0.25, -0.2) is 9.59 Å². The molecule has 0 atom stereocenters. The molecule has 1 aromatic carbocycles. The molecular weight excluding hydrogens is 270 g/mol. The topological polar surface area (TPSA) is 64.6 Å². The molecule has 1 N–H and O–H groups in total. The van der Waals surface area contributed by atoms with Crippen molar-refractivity contribution in [1.82, 2.24) is 5.32 Å². The fraction of sp³-hybridized carbons (Fsp3) is 0.500. The van der Waals surface area contributed by atoms with Crippen molar-refractivity contribution in [2.24, 2.45) is 0 Å². The minimum atomic E-state index is -0.527. The van der Waals surface area contributed by atoms with Crippen LogP contribution in [0.15, 0.2) is 24.3 Å². The van der Waals surface area contributed by atoms with Crippen LogP contribution in [0.4, 0.5) is 4.79 Å². The van der Waals surface area contributed by atoms with E-state index in [4.69, 9.17) is 9.47 Å². The highest BCUT2D eigenvalue weighted by Gasteiger charge is 2.15. The highest BCUT2D eigenvalue weighted by atomic mass is 16.6. The third kappa shape index (κ3) is 6.79. The second-order valence-corrected chi connectivity index (χ2v) is 5.78. The number of ether oxygens (including phenoxy) is 2. The van der Waals surface area contributed by atoms with Crippen LogP contribution < -0.4 is 10.1 Å². The van der Waals surface area contributed by atoms with Gasteiger partial charge < -0.3 is 14.8 Å². The van der Waals surface area contributed by atoms with E-state index >= 15 is 0 Å². The number of carbonyl (C=O) groups excluding carboxylic acids is 2. The standard InChI is InChI=1S/C16H23NO4/c1-5-6-11-20-14(18)12-7-9-13(10-8-12)21-15(19)17-16(2,3)4/h7-10H,5-6,11H2,1-4H3,(H,17,19). The van der Waals surface area contributed by atoms with E-state index in [9.17, 15) is 9.59 Å². The second-order valence-electron chi connectivity index (χ2n) is 5.78. The maximum absolute atomic E-state index is 11.7. The Bertz CT molecular complexity index is 474. The van der Waals surface area contributed by atoms with E-state index in [-0.39, 0.29) is 11.5 Å². The first kappa shape index (κ1) is 17.0. The average Bonchev–Trinajstić information content (AvgIpc) is 2.37.